The molecular weight excluding hydrogens is 360 g/mol. The van der Waals surface area contributed by atoms with Crippen LogP contribution in [0, 0.1) is 5.92 Å². The van der Waals surface area contributed by atoms with Crippen molar-refractivity contribution < 1.29 is 14.3 Å². The molecule has 3 rings (SSSR count). The molecule has 0 spiro atoms. The normalized spacial score (nSPS) is 22.0. The van der Waals surface area contributed by atoms with Crippen molar-refractivity contribution in [3.05, 3.63) is 24.0 Å². The Morgan fingerprint density at radius 1 is 1.29 bits per heavy atom. The van der Waals surface area contributed by atoms with Crippen LogP contribution >= 0.6 is 0 Å². The number of carbonyl (C=O) groups is 1. The molecule has 1 heterocycles. The van der Waals surface area contributed by atoms with Crippen molar-refractivity contribution in [2.45, 2.75) is 44.7 Å². The Morgan fingerprint density at radius 2 is 1.96 bits per heavy atom. The SMILES string of the molecule is COc1cc(OC)cc(-n2nnnc2CN(C)C(=O)C2CCCCC2(C)N)c1. The van der Waals surface area contributed by atoms with Gasteiger partial charge in [-0.05, 0) is 30.2 Å². The molecule has 9 heteroatoms. The number of aromatic nitrogens is 4. The van der Waals surface area contributed by atoms with Crippen LogP contribution in [0.3, 0.4) is 0 Å². The molecule has 2 unspecified atom stereocenters. The molecule has 9 nitrogen and oxygen atoms in total. The van der Waals surface area contributed by atoms with E-state index >= 15 is 0 Å². The molecule has 1 amide bonds. The van der Waals surface area contributed by atoms with Gasteiger partial charge in [0, 0.05) is 30.8 Å². The van der Waals surface area contributed by atoms with Gasteiger partial charge in [0.25, 0.3) is 0 Å². The number of hydrogen-bond acceptors (Lipinski definition) is 7. The second kappa shape index (κ2) is 8.14. The van der Waals surface area contributed by atoms with Gasteiger partial charge in [-0.2, -0.15) is 4.68 Å². The van der Waals surface area contributed by atoms with Crippen LogP contribution in [0.25, 0.3) is 5.69 Å². The number of amides is 1. The second-order valence-corrected chi connectivity index (χ2v) is 7.58. The van der Waals surface area contributed by atoms with Gasteiger partial charge in [-0.25, -0.2) is 0 Å². The minimum Gasteiger partial charge on any atom is -0.497 e. The molecule has 1 saturated carbocycles. The number of carbonyl (C=O) groups excluding carboxylic acids is 1. The van der Waals surface area contributed by atoms with Crippen LogP contribution in [0.1, 0.15) is 38.4 Å². The fourth-order valence-electron chi connectivity index (χ4n) is 3.74. The molecule has 2 N–H and O–H groups in total. The van der Waals surface area contributed by atoms with Crippen molar-refractivity contribution in [2.24, 2.45) is 11.7 Å². The van der Waals surface area contributed by atoms with E-state index in [0.717, 1.165) is 25.7 Å². The van der Waals surface area contributed by atoms with E-state index in [4.69, 9.17) is 15.2 Å². The highest BCUT2D eigenvalue weighted by Crippen LogP contribution is 2.33. The third-order valence-electron chi connectivity index (χ3n) is 5.42. The Balaban J connectivity index is 1.82. The molecule has 0 aliphatic heterocycles. The van der Waals surface area contributed by atoms with Crippen LogP contribution in [0.2, 0.25) is 0 Å². The number of methoxy groups -OCH3 is 2. The van der Waals surface area contributed by atoms with Gasteiger partial charge < -0.3 is 20.1 Å². The van der Waals surface area contributed by atoms with Crippen molar-refractivity contribution in [3.63, 3.8) is 0 Å². The molecule has 1 aliphatic rings. The summed E-state index contributed by atoms with van der Waals surface area (Å²) in [6.07, 6.45) is 3.77. The first-order valence-electron chi connectivity index (χ1n) is 9.40. The fraction of sp³-hybridized carbons (Fsp3) is 0.579. The molecule has 2 aromatic rings. The summed E-state index contributed by atoms with van der Waals surface area (Å²) in [5.41, 5.74) is 6.61. The summed E-state index contributed by atoms with van der Waals surface area (Å²) < 4.78 is 12.2. The number of tetrazole rings is 1. The van der Waals surface area contributed by atoms with Crippen LogP contribution in [0.4, 0.5) is 0 Å². The predicted octanol–water partition coefficient (Wildman–Crippen LogP) is 1.55. The Bertz CT molecular complexity index is 813. The number of nitrogens with zero attached hydrogens (tertiary/aromatic N) is 5. The lowest BCUT2D eigenvalue weighted by atomic mass is 9.74. The van der Waals surface area contributed by atoms with E-state index in [1.165, 1.54) is 0 Å². The molecule has 0 bridgehead atoms. The van der Waals surface area contributed by atoms with Crippen molar-refractivity contribution in [1.29, 1.82) is 0 Å². The summed E-state index contributed by atoms with van der Waals surface area (Å²) in [6.45, 7) is 2.24. The number of hydrogen-bond donors (Lipinski definition) is 1. The molecule has 2 atom stereocenters. The van der Waals surface area contributed by atoms with Crippen LogP contribution in [-0.4, -0.2) is 57.8 Å². The Kier molecular flexibility index (Phi) is 5.83. The lowest BCUT2D eigenvalue weighted by molar-refractivity contribution is -0.138. The number of ether oxygens (including phenoxy) is 2. The largest absolute Gasteiger partial charge is 0.497 e. The monoisotopic (exact) mass is 388 g/mol. The highest BCUT2D eigenvalue weighted by Gasteiger charge is 2.39. The van der Waals surface area contributed by atoms with Crippen LogP contribution in [0.15, 0.2) is 18.2 Å². The maximum atomic E-state index is 13.0. The average molecular weight is 388 g/mol. The Hall–Kier alpha value is -2.68. The zero-order valence-corrected chi connectivity index (χ0v) is 16.9. The molecule has 152 valence electrons. The van der Waals surface area contributed by atoms with E-state index in [1.54, 1.807) is 36.9 Å². The van der Waals surface area contributed by atoms with Crippen molar-refractivity contribution >= 4 is 5.91 Å². The van der Waals surface area contributed by atoms with Crippen molar-refractivity contribution in [3.8, 4) is 17.2 Å². The van der Waals surface area contributed by atoms with Crippen LogP contribution in [0.5, 0.6) is 11.5 Å². The Labute approximate surface area is 164 Å². The summed E-state index contributed by atoms with van der Waals surface area (Å²) >= 11 is 0. The third-order valence-corrected chi connectivity index (χ3v) is 5.42. The minimum absolute atomic E-state index is 0.0301. The highest BCUT2D eigenvalue weighted by molar-refractivity contribution is 5.80. The van der Waals surface area contributed by atoms with E-state index in [0.29, 0.717) is 23.0 Å². The van der Waals surface area contributed by atoms with Gasteiger partial charge in [-0.1, -0.05) is 12.8 Å². The molecule has 1 aliphatic carbocycles. The molecule has 0 radical (unpaired) electrons. The summed E-state index contributed by atoms with van der Waals surface area (Å²) in [6, 6.07) is 5.39. The Morgan fingerprint density at radius 3 is 2.57 bits per heavy atom. The van der Waals surface area contributed by atoms with Gasteiger partial charge in [0.1, 0.15) is 11.5 Å². The zero-order chi connectivity index (χ0) is 20.3. The molecular formula is C19H28N6O3. The number of benzene rings is 1. The summed E-state index contributed by atoms with van der Waals surface area (Å²) in [7, 11) is 4.93. The standard InChI is InChI=1S/C19H28N6O3/c1-19(20)8-6-5-7-16(19)18(26)24(2)12-17-21-22-23-25(17)13-9-14(27-3)11-15(10-13)28-4/h9-11,16H,5-8,12,20H2,1-4H3. The van der Waals surface area contributed by atoms with E-state index in [1.807, 2.05) is 19.1 Å². The third kappa shape index (κ3) is 4.09. The van der Waals surface area contributed by atoms with Crippen molar-refractivity contribution in [1.82, 2.24) is 25.1 Å². The topological polar surface area (TPSA) is 108 Å². The maximum absolute atomic E-state index is 13.0. The van der Waals surface area contributed by atoms with Gasteiger partial charge >= 0.3 is 0 Å². The van der Waals surface area contributed by atoms with E-state index in [9.17, 15) is 4.79 Å². The quantitative estimate of drug-likeness (QED) is 0.799. The molecule has 0 saturated heterocycles. The molecule has 1 fully saturated rings. The van der Waals surface area contributed by atoms with E-state index < -0.39 is 5.54 Å². The van der Waals surface area contributed by atoms with Gasteiger partial charge in [0.15, 0.2) is 5.82 Å². The molecule has 28 heavy (non-hydrogen) atoms. The van der Waals surface area contributed by atoms with Gasteiger partial charge in [0.2, 0.25) is 5.91 Å². The second-order valence-electron chi connectivity index (χ2n) is 7.58. The highest BCUT2D eigenvalue weighted by atomic mass is 16.5. The minimum atomic E-state index is -0.477. The van der Waals surface area contributed by atoms with E-state index in [2.05, 4.69) is 15.5 Å². The van der Waals surface area contributed by atoms with Crippen molar-refractivity contribution in [2.75, 3.05) is 21.3 Å². The summed E-state index contributed by atoms with van der Waals surface area (Å²) in [5.74, 6) is 1.64. The van der Waals surface area contributed by atoms with Crippen LogP contribution in [-0.2, 0) is 11.3 Å². The number of rotatable bonds is 6. The predicted molar refractivity (Wildman–Crippen MR) is 103 cm³/mol. The molecule has 1 aromatic heterocycles. The summed E-state index contributed by atoms with van der Waals surface area (Å²) in [5, 5.41) is 12.0. The zero-order valence-electron chi connectivity index (χ0n) is 16.9. The first-order valence-corrected chi connectivity index (χ1v) is 9.40. The van der Waals surface area contributed by atoms with Gasteiger partial charge in [-0.3, -0.25) is 4.79 Å². The summed E-state index contributed by atoms with van der Waals surface area (Å²) in [4.78, 5) is 14.7. The van der Waals surface area contributed by atoms with Gasteiger partial charge in [0.05, 0.1) is 32.4 Å². The fourth-order valence-corrected chi connectivity index (χ4v) is 3.74. The molecule has 1 aromatic carbocycles. The van der Waals surface area contributed by atoms with Crippen LogP contribution < -0.4 is 15.2 Å². The first kappa shape index (κ1) is 20.1. The maximum Gasteiger partial charge on any atom is 0.227 e. The first-order chi connectivity index (χ1) is 13.4. The number of nitrogens with two attached hydrogens (primary N) is 1. The van der Waals surface area contributed by atoms with Gasteiger partial charge in [-0.15, -0.1) is 5.10 Å². The van der Waals surface area contributed by atoms with E-state index in [-0.39, 0.29) is 18.4 Å². The lowest BCUT2D eigenvalue weighted by Crippen LogP contribution is -2.53. The average Bonchev–Trinajstić information content (AvgIpc) is 3.14. The smallest absolute Gasteiger partial charge is 0.227 e. The lowest BCUT2D eigenvalue weighted by Gasteiger charge is -2.39.